The van der Waals surface area contributed by atoms with Crippen LogP contribution in [0, 0.1) is 5.92 Å². The van der Waals surface area contributed by atoms with Crippen molar-refractivity contribution in [2.75, 3.05) is 19.6 Å². The number of nitrogens with zero attached hydrogens (tertiary/aromatic N) is 2. The molecule has 1 aromatic rings. The quantitative estimate of drug-likeness (QED) is 0.869. The number of piperazine rings is 1. The van der Waals surface area contributed by atoms with Crippen molar-refractivity contribution >= 4 is 11.3 Å². The van der Waals surface area contributed by atoms with Crippen LogP contribution in [0.3, 0.4) is 0 Å². The summed E-state index contributed by atoms with van der Waals surface area (Å²) in [5, 5.41) is 5.90. The average Bonchev–Trinajstić information content (AvgIpc) is 2.89. The van der Waals surface area contributed by atoms with Gasteiger partial charge in [0, 0.05) is 43.5 Å². The summed E-state index contributed by atoms with van der Waals surface area (Å²) < 4.78 is 0. The highest BCUT2D eigenvalue weighted by Gasteiger charge is 2.28. The highest BCUT2D eigenvalue weighted by atomic mass is 32.1. The molecule has 0 radical (unpaired) electrons. The monoisotopic (exact) mass is 281 g/mol. The average molecular weight is 281 g/mol. The van der Waals surface area contributed by atoms with Crippen molar-refractivity contribution in [2.24, 2.45) is 5.92 Å². The summed E-state index contributed by atoms with van der Waals surface area (Å²) in [6.45, 7) is 10.4. The van der Waals surface area contributed by atoms with Crippen molar-refractivity contribution < 1.29 is 0 Å². The Morgan fingerprint density at radius 3 is 3.00 bits per heavy atom. The maximum absolute atomic E-state index is 4.40. The van der Waals surface area contributed by atoms with E-state index in [0.29, 0.717) is 18.0 Å². The summed E-state index contributed by atoms with van der Waals surface area (Å²) in [5.41, 5.74) is 3.19. The van der Waals surface area contributed by atoms with Gasteiger partial charge in [0.25, 0.3) is 0 Å². The fourth-order valence-electron chi connectivity index (χ4n) is 2.97. The van der Waals surface area contributed by atoms with Gasteiger partial charge in [-0.15, -0.1) is 11.3 Å². The lowest BCUT2D eigenvalue weighted by atomic mass is 9.96. The number of rotatable bonds is 6. The van der Waals surface area contributed by atoms with E-state index in [-0.39, 0.29) is 0 Å². The standard InChI is InChI=1S/C15H27N3S/c1-4-5-13-9-18(15(8-16-13)12(2)3)7-6-14-10-19-11-17-14/h10-13,15-16H,4-9H2,1-3H3. The third kappa shape index (κ3) is 4.26. The molecule has 0 amide bonds. The molecule has 108 valence electrons. The zero-order valence-electron chi connectivity index (χ0n) is 12.4. The molecule has 4 heteroatoms. The Kier molecular flexibility index (Phi) is 5.79. The first kappa shape index (κ1) is 14.9. The van der Waals surface area contributed by atoms with E-state index in [9.17, 15) is 0 Å². The number of nitrogens with one attached hydrogen (secondary N) is 1. The summed E-state index contributed by atoms with van der Waals surface area (Å²) in [4.78, 5) is 7.08. The van der Waals surface area contributed by atoms with Crippen molar-refractivity contribution in [1.82, 2.24) is 15.2 Å². The van der Waals surface area contributed by atoms with E-state index >= 15 is 0 Å². The molecule has 0 saturated carbocycles. The van der Waals surface area contributed by atoms with Crippen LogP contribution < -0.4 is 5.32 Å². The third-order valence-corrected chi connectivity index (χ3v) is 4.72. The number of thiazole rings is 1. The molecular weight excluding hydrogens is 254 g/mol. The van der Waals surface area contributed by atoms with Gasteiger partial charge in [-0.2, -0.15) is 0 Å². The minimum atomic E-state index is 0.673. The first-order valence-corrected chi connectivity index (χ1v) is 8.49. The van der Waals surface area contributed by atoms with Gasteiger partial charge in [-0.1, -0.05) is 27.2 Å². The molecule has 0 aliphatic carbocycles. The topological polar surface area (TPSA) is 28.2 Å². The molecule has 2 unspecified atom stereocenters. The van der Waals surface area contributed by atoms with Gasteiger partial charge in [-0.3, -0.25) is 4.90 Å². The van der Waals surface area contributed by atoms with Crippen LogP contribution in [0.1, 0.15) is 39.3 Å². The number of hydrogen-bond donors (Lipinski definition) is 1. The van der Waals surface area contributed by atoms with Crippen LogP contribution in [-0.2, 0) is 6.42 Å². The molecule has 1 saturated heterocycles. The highest BCUT2D eigenvalue weighted by Crippen LogP contribution is 2.17. The predicted molar refractivity (Wildman–Crippen MR) is 82.7 cm³/mol. The molecule has 1 N–H and O–H groups in total. The van der Waals surface area contributed by atoms with Crippen LogP contribution in [0.2, 0.25) is 0 Å². The summed E-state index contributed by atoms with van der Waals surface area (Å²) >= 11 is 1.70. The maximum Gasteiger partial charge on any atom is 0.0794 e. The molecule has 1 aliphatic heterocycles. The lowest BCUT2D eigenvalue weighted by Gasteiger charge is -2.42. The van der Waals surface area contributed by atoms with Gasteiger partial charge in [0.1, 0.15) is 0 Å². The zero-order chi connectivity index (χ0) is 13.7. The Morgan fingerprint density at radius 2 is 2.37 bits per heavy atom. The van der Waals surface area contributed by atoms with Crippen LogP contribution in [0.5, 0.6) is 0 Å². The Labute approximate surface area is 121 Å². The molecule has 2 rings (SSSR count). The summed E-state index contributed by atoms with van der Waals surface area (Å²) in [6, 6.07) is 1.35. The van der Waals surface area contributed by atoms with Crippen LogP contribution in [0.25, 0.3) is 0 Å². The summed E-state index contributed by atoms with van der Waals surface area (Å²) in [6.07, 6.45) is 3.65. The summed E-state index contributed by atoms with van der Waals surface area (Å²) in [5.74, 6) is 0.713. The van der Waals surface area contributed by atoms with Crippen molar-refractivity contribution in [3.63, 3.8) is 0 Å². The van der Waals surface area contributed by atoms with Crippen LogP contribution in [0.15, 0.2) is 10.9 Å². The number of aromatic nitrogens is 1. The highest BCUT2D eigenvalue weighted by molar-refractivity contribution is 7.07. The maximum atomic E-state index is 4.40. The molecule has 0 bridgehead atoms. The Balaban J connectivity index is 1.91. The van der Waals surface area contributed by atoms with E-state index in [4.69, 9.17) is 0 Å². The van der Waals surface area contributed by atoms with Gasteiger partial charge >= 0.3 is 0 Å². The predicted octanol–water partition coefficient (Wildman–Crippen LogP) is 2.78. The first-order valence-electron chi connectivity index (χ1n) is 7.55. The molecule has 2 atom stereocenters. The summed E-state index contributed by atoms with van der Waals surface area (Å²) in [7, 11) is 0. The lowest BCUT2D eigenvalue weighted by Crippen LogP contribution is -2.58. The van der Waals surface area contributed by atoms with Crippen LogP contribution in [0.4, 0.5) is 0 Å². The molecule has 0 spiro atoms. The Morgan fingerprint density at radius 1 is 1.53 bits per heavy atom. The smallest absolute Gasteiger partial charge is 0.0794 e. The van der Waals surface area contributed by atoms with Crippen molar-refractivity contribution in [3.05, 3.63) is 16.6 Å². The lowest BCUT2D eigenvalue weighted by molar-refractivity contribution is 0.0967. The van der Waals surface area contributed by atoms with Gasteiger partial charge in [0.05, 0.1) is 11.2 Å². The van der Waals surface area contributed by atoms with E-state index in [1.54, 1.807) is 11.3 Å². The van der Waals surface area contributed by atoms with Gasteiger partial charge in [-0.25, -0.2) is 4.98 Å². The SMILES string of the molecule is CCCC1CN(CCc2cscn2)C(C(C)C)CN1. The second-order valence-corrected chi connectivity index (χ2v) is 6.65. The van der Waals surface area contributed by atoms with Gasteiger partial charge in [0.15, 0.2) is 0 Å². The Hall–Kier alpha value is -0.450. The van der Waals surface area contributed by atoms with Crippen molar-refractivity contribution in [1.29, 1.82) is 0 Å². The van der Waals surface area contributed by atoms with Crippen molar-refractivity contribution in [2.45, 2.75) is 52.1 Å². The minimum absolute atomic E-state index is 0.673. The van der Waals surface area contributed by atoms with Crippen LogP contribution >= 0.6 is 11.3 Å². The zero-order valence-corrected chi connectivity index (χ0v) is 13.2. The minimum Gasteiger partial charge on any atom is -0.311 e. The second kappa shape index (κ2) is 7.36. The molecule has 1 aliphatic rings. The van der Waals surface area contributed by atoms with E-state index in [1.165, 1.54) is 25.1 Å². The van der Waals surface area contributed by atoms with Crippen LogP contribution in [-0.4, -0.2) is 41.6 Å². The largest absolute Gasteiger partial charge is 0.311 e. The van der Waals surface area contributed by atoms with Crippen molar-refractivity contribution in [3.8, 4) is 0 Å². The molecule has 1 fully saturated rings. The normalized spacial score (nSPS) is 25.1. The fourth-order valence-corrected chi connectivity index (χ4v) is 3.57. The van der Waals surface area contributed by atoms with Gasteiger partial charge in [0.2, 0.25) is 0 Å². The number of hydrogen-bond acceptors (Lipinski definition) is 4. The van der Waals surface area contributed by atoms with E-state index in [0.717, 1.165) is 19.5 Å². The first-order chi connectivity index (χ1) is 9.20. The van der Waals surface area contributed by atoms with E-state index in [1.807, 2.05) is 5.51 Å². The van der Waals surface area contributed by atoms with E-state index in [2.05, 4.69) is 41.4 Å². The molecule has 19 heavy (non-hydrogen) atoms. The third-order valence-electron chi connectivity index (χ3n) is 4.08. The van der Waals surface area contributed by atoms with Gasteiger partial charge in [-0.05, 0) is 12.3 Å². The molecule has 0 aromatic carbocycles. The molecule has 3 nitrogen and oxygen atoms in total. The fraction of sp³-hybridized carbons (Fsp3) is 0.800. The molecule has 2 heterocycles. The molecular formula is C15H27N3S. The van der Waals surface area contributed by atoms with E-state index < -0.39 is 0 Å². The molecule has 1 aromatic heterocycles. The second-order valence-electron chi connectivity index (χ2n) is 5.93. The Bertz CT molecular complexity index is 350. The van der Waals surface area contributed by atoms with Gasteiger partial charge < -0.3 is 5.32 Å².